The summed E-state index contributed by atoms with van der Waals surface area (Å²) in [5.74, 6) is 0.0974. The normalized spacial score (nSPS) is 10.9. The fraction of sp³-hybridized carbons (Fsp3) is 0.0909. The minimum atomic E-state index is -0.374. The topological polar surface area (TPSA) is 83.3 Å². The summed E-state index contributed by atoms with van der Waals surface area (Å²) < 4.78 is 5.15. The van der Waals surface area contributed by atoms with Crippen LogP contribution in [0.2, 0.25) is 0 Å². The molecule has 1 aromatic heterocycles. The van der Waals surface area contributed by atoms with Crippen LogP contribution in [0.4, 0.5) is 10.8 Å². The number of thiazole rings is 1. The van der Waals surface area contributed by atoms with Crippen molar-refractivity contribution in [1.82, 2.24) is 4.98 Å². The summed E-state index contributed by atoms with van der Waals surface area (Å²) in [5, 5.41) is 11.6. The second-order valence-corrected chi connectivity index (χ2v) is 6.81. The molecule has 0 aliphatic rings. The fourth-order valence-electron chi connectivity index (χ4n) is 2.64. The molecule has 3 rings (SSSR count). The molecule has 0 aliphatic heterocycles. The maximum Gasteiger partial charge on any atom is 0.230 e. The van der Waals surface area contributed by atoms with Crippen LogP contribution in [0.15, 0.2) is 65.6 Å². The molecule has 0 fully saturated rings. The SMILES string of the molecule is COc1ccc(N(C(C)=O)c2nc(/C=C(\C#N)C(=O)c3ccccc3)cs2)cc1. The smallest absolute Gasteiger partial charge is 0.230 e. The van der Waals surface area contributed by atoms with Crippen LogP contribution < -0.4 is 9.64 Å². The minimum Gasteiger partial charge on any atom is -0.497 e. The Morgan fingerprint density at radius 1 is 1.14 bits per heavy atom. The number of methoxy groups -OCH3 is 1. The van der Waals surface area contributed by atoms with Gasteiger partial charge in [-0.25, -0.2) is 4.98 Å². The van der Waals surface area contributed by atoms with Gasteiger partial charge >= 0.3 is 0 Å². The standard InChI is InChI=1S/C22H17N3O3S/c1-15(26)25(19-8-10-20(28-2)11-9-19)22-24-18(14-29-22)12-17(13-23)21(27)16-6-4-3-5-7-16/h3-12,14H,1-2H3/b17-12+. The van der Waals surface area contributed by atoms with E-state index in [1.165, 1.54) is 29.2 Å². The Bertz CT molecular complexity index is 1100. The Morgan fingerprint density at radius 3 is 2.41 bits per heavy atom. The maximum absolute atomic E-state index is 12.5. The number of amides is 1. The number of anilines is 2. The number of benzene rings is 2. The molecule has 0 atom stereocenters. The largest absolute Gasteiger partial charge is 0.497 e. The molecule has 0 aliphatic carbocycles. The number of nitriles is 1. The van der Waals surface area contributed by atoms with E-state index in [0.717, 1.165) is 0 Å². The number of ether oxygens (including phenoxy) is 1. The van der Waals surface area contributed by atoms with Crippen molar-refractivity contribution >= 4 is 39.9 Å². The van der Waals surface area contributed by atoms with Crippen LogP contribution in [0.25, 0.3) is 6.08 Å². The van der Waals surface area contributed by atoms with Crippen molar-refractivity contribution in [2.75, 3.05) is 12.0 Å². The Hall–Kier alpha value is -3.76. The number of hydrogen-bond donors (Lipinski definition) is 0. The number of rotatable bonds is 6. The Morgan fingerprint density at radius 2 is 1.83 bits per heavy atom. The third-order valence-corrected chi connectivity index (χ3v) is 4.88. The van der Waals surface area contributed by atoms with Crippen molar-refractivity contribution in [1.29, 1.82) is 5.26 Å². The van der Waals surface area contributed by atoms with Gasteiger partial charge in [-0.15, -0.1) is 11.3 Å². The first-order chi connectivity index (χ1) is 14.0. The molecule has 7 heteroatoms. The third-order valence-electron chi connectivity index (χ3n) is 4.04. The lowest BCUT2D eigenvalue weighted by Crippen LogP contribution is -2.22. The Balaban J connectivity index is 1.91. The molecule has 0 radical (unpaired) electrons. The van der Waals surface area contributed by atoms with Crippen LogP contribution in [0.5, 0.6) is 5.75 Å². The van der Waals surface area contributed by atoms with E-state index in [1.807, 2.05) is 6.07 Å². The van der Waals surface area contributed by atoms with Crippen molar-refractivity contribution in [3.8, 4) is 11.8 Å². The highest BCUT2D eigenvalue weighted by atomic mass is 32.1. The first kappa shape index (κ1) is 20.0. The van der Waals surface area contributed by atoms with E-state index >= 15 is 0 Å². The predicted octanol–water partition coefficient (Wildman–Crippen LogP) is 4.63. The maximum atomic E-state index is 12.5. The lowest BCUT2D eigenvalue weighted by Gasteiger charge is -2.18. The van der Waals surface area contributed by atoms with Crippen molar-refractivity contribution in [2.24, 2.45) is 0 Å². The minimum absolute atomic E-state index is 0.0214. The summed E-state index contributed by atoms with van der Waals surface area (Å²) in [6, 6.07) is 17.6. The van der Waals surface area contributed by atoms with Crippen molar-refractivity contribution in [3.63, 3.8) is 0 Å². The van der Waals surface area contributed by atoms with Crippen molar-refractivity contribution in [2.45, 2.75) is 6.92 Å². The molecule has 2 aromatic carbocycles. The van der Waals surface area contributed by atoms with Crippen LogP contribution in [-0.4, -0.2) is 23.8 Å². The van der Waals surface area contributed by atoms with Gasteiger partial charge in [0.15, 0.2) is 5.13 Å². The van der Waals surface area contributed by atoms with Crippen LogP contribution >= 0.6 is 11.3 Å². The number of Topliss-reactive ketones (excluding diaryl/α,β-unsaturated/α-hetero) is 1. The highest BCUT2D eigenvalue weighted by Gasteiger charge is 2.19. The zero-order valence-corrected chi connectivity index (χ0v) is 16.6. The molecule has 6 nitrogen and oxygen atoms in total. The van der Waals surface area contributed by atoms with Gasteiger partial charge in [0.05, 0.1) is 18.5 Å². The number of allylic oxidation sites excluding steroid dienone is 1. The lowest BCUT2D eigenvalue weighted by molar-refractivity contribution is -0.115. The molecule has 0 saturated heterocycles. The summed E-state index contributed by atoms with van der Waals surface area (Å²) >= 11 is 1.25. The van der Waals surface area contributed by atoms with Crippen molar-refractivity contribution < 1.29 is 14.3 Å². The summed E-state index contributed by atoms with van der Waals surface area (Å²) in [4.78, 5) is 30.6. The number of nitrogens with zero attached hydrogens (tertiary/aromatic N) is 3. The molecule has 0 unspecified atom stereocenters. The van der Waals surface area contributed by atoms with E-state index in [0.29, 0.717) is 27.8 Å². The zero-order valence-electron chi connectivity index (χ0n) is 15.8. The number of hydrogen-bond acceptors (Lipinski definition) is 6. The van der Waals surface area contributed by atoms with Gasteiger partial charge in [-0.05, 0) is 30.3 Å². The monoisotopic (exact) mass is 403 g/mol. The van der Waals surface area contributed by atoms with Crippen LogP contribution in [0.3, 0.4) is 0 Å². The van der Waals surface area contributed by atoms with Gasteiger partial charge in [0.2, 0.25) is 11.7 Å². The molecule has 0 bridgehead atoms. The van der Waals surface area contributed by atoms with Crippen LogP contribution in [0, 0.1) is 11.3 Å². The van der Waals surface area contributed by atoms with Gasteiger partial charge in [0.25, 0.3) is 0 Å². The molecule has 29 heavy (non-hydrogen) atoms. The van der Waals surface area contributed by atoms with Gasteiger partial charge in [-0.3, -0.25) is 14.5 Å². The van der Waals surface area contributed by atoms with E-state index in [-0.39, 0.29) is 17.3 Å². The highest BCUT2D eigenvalue weighted by molar-refractivity contribution is 7.14. The third kappa shape index (κ3) is 4.57. The zero-order chi connectivity index (χ0) is 20.8. The average molecular weight is 403 g/mol. The lowest BCUT2D eigenvalue weighted by atomic mass is 10.0. The predicted molar refractivity (Wildman–Crippen MR) is 112 cm³/mol. The van der Waals surface area contributed by atoms with E-state index < -0.39 is 0 Å². The molecule has 3 aromatic rings. The van der Waals surface area contributed by atoms with Gasteiger partial charge in [-0.2, -0.15) is 5.26 Å². The summed E-state index contributed by atoms with van der Waals surface area (Å²) in [6.07, 6.45) is 1.43. The van der Waals surface area contributed by atoms with Gasteiger partial charge in [0.1, 0.15) is 17.4 Å². The fourth-order valence-corrected chi connectivity index (χ4v) is 3.49. The second-order valence-electron chi connectivity index (χ2n) is 5.97. The molecule has 144 valence electrons. The van der Waals surface area contributed by atoms with Gasteiger partial charge in [-0.1, -0.05) is 30.3 Å². The van der Waals surface area contributed by atoms with Crippen LogP contribution in [-0.2, 0) is 4.79 Å². The highest BCUT2D eigenvalue weighted by Crippen LogP contribution is 2.30. The molecule has 0 spiro atoms. The number of ketones is 1. The average Bonchev–Trinajstić information content (AvgIpc) is 3.20. The van der Waals surface area contributed by atoms with E-state index in [4.69, 9.17) is 4.74 Å². The molecule has 1 heterocycles. The molecule has 0 N–H and O–H groups in total. The Labute approximate surface area is 172 Å². The van der Waals surface area contributed by atoms with E-state index in [9.17, 15) is 14.9 Å². The van der Waals surface area contributed by atoms with Crippen LogP contribution in [0.1, 0.15) is 23.0 Å². The number of aromatic nitrogens is 1. The molecule has 0 saturated carbocycles. The molecule has 1 amide bonds. The van der Waals surface area contributed by atoms with Crippen molar-refractivity contribution in [3.05, 3.63) is 76.8 Å². The molecular weight excluding hydrogens is 386 g/mol. The summed E-state index contributed by atoms with van der Waals surface area (Å²) in [5.41, 5.74) is 1.49. The first-order valence-corrected chi connectivity index (χ1v) is 9.53. The summed E-state index contributed by atoms with van der Waals surface area (Å²) in [6.45, 7) is 1.45. The quantitative estimate of drug-likeness (QED) is 0.340. The number of carbonyl (C=O) groups excluding carboxylic acids is 2. The Kier molecular flexibility index (Phi) is 6.17. The van der Waals surface area contributed by atoms with E-state index in [1.54, 1.807) is 67.1 Å². The second kappa shape index (κ2) is 8.95. The van der Waals surface area contributed by atoms with E-state index in [2.05, 4.69) is 4.98 Å². The summed E-state index contributed by atoms with van der Waals surface area (Å²) in [7, 11) is 1.57. The van der Waals surface area contributed by atoms with Gasteiger partial charge < -0.3 is 4.74 Å². The number of carbonyl (C=O) groups is 2. The first-order valence-electron chi connectivity index (χ1n) is 8.65. The molecular formula is C22H17N3O3S. The van der Waals surface area contributed by atoms with Gasteiger partial charge in [0, 0.05) is 17.9 Å².